The van der Waals surface area contributed by atoms with E-state index in [1.54, 1.807) is 0 Å². The summed E-state index contributed by atoms with van der Waals surface area (Å²) in [5, 5.41) is 11.5. The van der Waals surface area contributed by atoms with Crippen LogP contribution in [0, 0.1) is 0 Å². The van der Waals surface area contributed by atoms with Gasteiger partial charge in [-0.15, -0.1) is 22.7 Å². The molecule has 3 heterocycles. The predicted octanol–water partition coefficient (Wildman–Crippen LogP) is -1.90. The average Bonchev–Trinajstić information content (AvgIpc) is 3.33. The van der Waals surface area contributed by atoms with Crippen molar-refractivity contribution in [2.24, 2.45) is 5.16 Å². The summed E-state index contributed by atoms with van der Waals surface area (Å²) in [6.45, 7) is -0.474. The molecule has 0 bridgehead atoms. The number of anilines is 2. The number of nitrogens with two attached hydrogens (primary N) is 2. The van der Waals surface area contributed by atoms with Gasteiger partial charge in [0.15, 0.2) is 22.0 Å². The van der Waals surface area contributed by atoms with Gasteiger partial charge in [-0.2, -0.15) is 8.42 Å². The van der Waals surface area contributed by atoms with Gasteiger partial charge in [-0.1, -0.05) is 5.16 Å². The maximum atomic E-state index is 12.8. The first-order valence-corrected chi connectivity index (χ1v) is 11.6. The lowest BCUT2D eigenvalue weighted by atomic mass is 10.1. The molecule has 15 nitrogen and oxygen atoms in total. The highest BCUT2D eigenvalue weighted by Crippen LogP contribution is 2.21. The molecule has 0 aromatic carbocycles. The second-order valence-electron chi connectivity index (χ2n) is 6.12. The minimum absolute atomic E-state index is 0.0614. The number of rotatable bonds is 8. The molecule has 3 amide bonds. The Bertz CT molecular complexity index is 1190. The standard InChI is InChI=1S/C14H16N8O7S3/c1-29-21-9(7-4-31-14(16)19-7)11(24)20-8(6-3-30-13(15)18-6)10(23)17-5-2-22(12(5)25)32(26,27)28/h3-5,8H,2H2,1H3,(H2,15,18)(H2,16,19)(H,17,23)(H,20,24)(H,26,27,28)/b21-9-. The molecule has 0 saturated carbocycles. The van der Waals surface area contributed by atoms with Crippen LogP contribution in [0.2, 0.25) is 0 Å². The predicted molar refractivity (Wildman–Crippen MR) is 113 cm³/mol. The lowest BCUT2D eigenvalue weighted by molar-refractivity contribution is -0.141. The lowest BCUT2D eigenvalue weighted by Crippen LogP contribution is -2.66. The Kier molecular flexibility index (Phi) is 6.57. The summed E-state index contributed by atoms with van der Waals surface area (Å²) >= 11 is 2.06. The van der Waals surface area contributed by atoms with Crippen molar-refractivity contribution in [2.75, 3.05) is 25.1 Å². The Morgan fingerprint density at radius 2 is 1.97 bits per heavy atom. The number of β-lactam (4-membered cyclic amide) rings is 1. The van der Waals surface area contributed by atoms with Crippen LogP contribution in [0.25, 0.3) is 0 Å². The number of thiazole rings is 2. The van der Waals surface area contributed by atoms with Crippen molar-refractivity contribution in [3.8, 4) is 0 Å². The Hall–Kier alpha value is -3.35. The number of nitrogen functional groups attached to an aromatic ring is 2. The summed E-state index contributed by atoms with van der Waals surface area (Å²) in [6, 6.07) is -2.66. The van der Waals surface area contributed by atoms with Crippen LogP contribution in [0.5, 0.6) is 0 Å². The largest absolute Gasteiger partial charge is 0.398 e. The first kappa shape index (κ1) is 23.3. The molecule has 0 spiro atoms. The van der Waals surface area contributed by atoms with Crippen LogP contribution in [0.3, 0.4) is 0 Å². The van der Waals surface area contributed by atoms with Gasteiger partial charge < -0.3 is 26.9 Å². The molecule has 18 heteroatoms. The van der Waals surface area contributed by atoms with E-state index in [-0.39, 0.29) is 31.7 Å². The van der Waals surface area contributed by atoms with E-state index in [2.05, 4.69) is 30.6 Å². The van der Waals surface area contributed by atoms with Crippen LogP contribution in [-0.2, 0) is 29.5 Å². The zero-order valence-electron chi connectivity index (χ0n) is 16.1. The molecule has 0 aliphatic carbocycles. The number of oxime groups is 1. The molecular weight excluding hydrogens is 488 g/mol. The van der Waals surface area contributed by atoms with Gasteiger partial charge >= 0.3 is 10.3 Å². The van der Waals surface area contributed by atoms with Gasteiger partial charge in [-0.25, -0.2) is 14.3 Å². The number of hydrogen-bond donors (Lipinski definition) is 5. The molecule has 172 valence electrons. The summed E-state index contributed by atoms with van der Waals surface area (Å²) < 4.78 is 31.2. The zero-order valence-corrected chi connectivity index (χ0v) is 18.5. The highest BCUT2D eigenvalue weighted by atomic mass is 32.2. The maximum Gasteiger partial charge on any atom is 0.362 e. The minimum atomic E-state index is -4.73. The minimum Gasteiger partial charge on any atom is -0.398 e. The third-order valence-electron chi connectivity index (χ3n) is 4.02. The van der Waals surface area contributed by atoms with Crippen LogP contribution in [0.4, 0.5) is 10.3 Å². The fourth-order valence-electron chi connectivity index (χ4n) is 2.56. The molecule has 0 radical (unpaired) electrons. The van der Waals surface area contributed by atoms with E-state index in [1.165, 1.54) is 17.9 Å². The van der Waals surface area contributed by atoms with Crippen LogP contribution < -0.4 is 22.1 Å². The fourth-order valence-corrected chi connectivity index (χ4v) is 4.39. The third kappa shape index (κ3) is 4.93. The molecule has 2 unspecified atom stereocenters. The van der Waals surface area contributed by atoms with Crippen molar-refractivity contribution in [3.63, 3.8) is 0 Å². The van der Waals surface area contributed by atoms with E-state index in [9.17, 15) is 22.8 Å². The molecule has 32 heavy (non-hydrogen) atoms. The number of aromatic nitrogens is 2. The third-order valence-corrected chi connectivity index (χ3v) is 6.27. The fraction of sp³-hybridized carbons (Fsp3) is 0.286. The van der Waals surface area contributed by atoms with Crippen LogP contribution in [0.1, 0.15) is 17.4 Å². The quantitative estimate of drug-likeness (QED) is 0.115. The molecule has 2 aromatic rings. The van der Waals surface area contributed by atoms with E-state index < -0.39 is 46.7 Å². The zero-order chi connectivity index (χ0) is 23.6. The molecular formula is C14H16N8O7S3. The number of carbonyl (C=O) groups is 3. The summed E-state index contributed by atoms with van der Waals surface area (Å²) in [4.78, 5) is 50.2. The Balaban J connectivity index is 1.80. The highest BCUT2D eigenvalue weighted by Gasteiger charge is 2.45. The molecule has 1 saturated heterocycles. The summed E-state index contributed by atoms with van der Waals surface area (Å²) in [5.74, 6) is -2.79. The summed E-state index contributed by atoms with van der Waals surface area (Å²) in [5.41, 5.74) is 11.1. The molecule has 3 rings (SSSR count). The van der Waals surface area contributed by atoms with E-state index in [4.69, 9.17) is 16.0 Å². The van der Waals surface area contributed by atoms with Gasteiger partial charge in [0.05, 0.1) is 12.2 Å². The summed E-state index contributed by atoms with van der Waals surface area (Å²) in [7, 11) is -3.52. The number of nitrogens with one attached hydrogen (secondary N) is 2. The van der Waals surface area contributed by atoms with Gasteiger partial charge in [-0.3, -0.25) is 18.9 Å². The lowest BCUT2D eigenvalue weighted by Gasteiger charge is -2.35. The van der Waals surface area contributed by atoms with Crippen LogP contribution in [-0.4, -0.2) is 70.4 Å². The highest BCUT2D eigenvalue weighted by molar-refractivity contribution is 7.84. The van der Waals surface area contributed by atoms with Gasteiger partial charge in [0, 0.05) is 10.8 Å². The topological polar surface area (TPSA) is 232 Å². The van der Waals surface area contributed by atoms with Gasteiger partial charge in [0.2, 0.25) is 5.91 Å². The summed E-state index contributed by atoms with van der Waals surface area (Å²) in [6.07, 6.45) is 0. The Labute approximate surface area is 188 Å². The molecule has 2 aromatic heterocycles. The van der Waals surface area contributed by atoms with E-state index in [0.29, 0.717) is 0 Å². The Morgan fingerprint density at radius 3 is 2.47 bits per heavy atom. The Morgan fingerprint density at radius 1 is 1.31 bits per heavy atom. The van der Waals surface area contributed by atoms with Crippen LogP contribution >= 0.6 is 22.7 Å². The molecule has 2 atom stereocenters. The van der Waals surface area contributed by atoms with Crippen molar-refractivity contribution < 1.29 is 32.2 Å². The van der Waals surface area contributed by atoms with Crippen molar-refractivity contribution in [1.82, 2.24) is 24.9 Å². The van der Waals surface area contributed by atoms with Crippen molar-refractivity contribution in [1.29, 1.82) is 0 Å². The van der Waals surface area contributed by atoms with E-state index in [1.807, 2.05) is 0 Å². The smallest absolute Gasteiger partial charge is 0.362 e. The number of nitrogens with zero attached hydrogens (tertiary/aromatic N) is 4. The van der Waals surface area contributed by atoms with Crippen molar-refractivity contribution in [3.05, 3.63) is 22.1 Å². The maximum absolute atomic E-state index is 12.8. The second-order valence-corrected chi connectivity index (χ2v) is 9.23. The van der Waals surface area contributed by atoms with Crippen molar-refractivity contribution >= 4 is 66.7 Å². The number of amides is 3. The number of carbonyl (C=O) groups excluding carboxylic acids is 3. The second kappa shape index (κ2) is 9.02. The molecule has 1 aliphatic heterocycles. The van der Waals surface area contributed by atoms with Crippen LogP contribution in [0.15, 0.2) is 15.9 Å². The monoisotopic (exact) mass is 504 g/mol. The van der Waals surface area contributed by atoms with Crippen molar-refractivity contribution in [2.45, 2.75) is 12.1 Å². The van der Waals surface area contributed by atoms with E-state index >= 15 is 0 Å². The first-order chi connectivity index (χ1) is 15.0. The normalized spacial score (nSPS) is 17.4. The molecule has 7 N–H and O–H groups in total. The molecule has 1 aliphatic rings. The number of hydrogen-bond acceptors (Lipinski definition) is 13. The van der Waals surface area contributed by atoms with E-state index in [0.717, 1.165) is 22.7 Å². The average molecular weight is 505 g/mol. The SMILES string of the molecule is CO/N=C(\C(=O)NC(C(=O)NC1CN(S(=O)(=O)O)C1=O)c1csc(N)n1)c1csc(N)n1. The first-order valence-electron chi connectivity index (χ1n) is 8.45. The molecule has 1 fully saturated rings. The van der Waals surface area contributed by atoms with Gasteiger partial charge in [0.25, 0.3) is 11.8 Å². The van der Waals surface area contributed by atoms with Gasteiger partial charge in [-0.05, 0) is 0 Å². The van der Waals surface area contributed by atoms with Gasteiger partial charge in [0.1, 0.15) is 18.8 Å².